The predicted molar refractivity (Wildman–Crippen MR) is 96.6 cm³/mol. The molecule has 3 aromatic rings. The Kier molecular flexibility index (Phi) is 4.33. The van der Waals surface area contributed by atoms with Crippen LogP contribution >= 0.6 is 0 Å². The largest absolute Gasteiger partial charge is 0.404 e. The lowest BCUT2D eigenvalue weighted by Crippen LogP contribution is -2.33. The van der Waals surface area contributed by atoms with Gasteiger partial charge in [0, 0.05) is 25.4 Å². The Morgan fingerprint density at radius 2 is 1.88 bits per heavy atom. The normalized spacial score (nSPS) is 14.6. The van der Waals surface area contributed by atoms with Crippen LogP contribution in [-0.2, 0) is 6.61 Å². The summed E-state index contributed by atoms with van der Waals surface area (Å²) >= 11 is 0. The van der Waals surface area contributed by atoms with Crippen LogP contribution in [0.15, 0.2) is 53.7 Å². The van der Waals surface area contributed by atoms with Gasteiger partial charge in [0.05, 0.1) is 11.1 Å². The zero-order valence-electron chi connectivity index (χ0n) is 14.0. The highest BCUT2D eigenvalue weighted by Gasteiger charge is 2.18. The zero-order chi connectivity index (χ0) is 17.1. The Morgan fingerprint density at radius 1 is 1.08 bits per heavy atom. The van der Waals surface area contributed by atoms with Gasteiger partial charge < -0.3 is 9.74 Å². The van der Waals surface area contributed by atoms with Gasteiger partial charge in [-0.25, -0.2) is 9.97 Å². The lowest BCUT2D eigenvalue weighted by Gasteiger charge is -2.29. The summed E-state index contributed by atoms with van der Waals surface area (Å²) in [4.78, 5) is 29.1. The van der Waals surface area contributed by atoms with Crippen molar-refractivity contribution in [3.63, 3.8) is 0 Å². The van der Waals surface area contributed by atoms with E-state index in [0.29, 0.717) is 12.3 Å². The van der Waals surface area contributed by atoms with Gasteiger partial charge in [0.2, 0.25) is 0 Å². The molecule has 0 radical (unpaired) electrons. The molecular weight excluding hydrogens is 316 g/mol. The first-order valence-electron chi connectivity index (χ1n) is 8.61. The minimum atomic E-state index is -0.206. The molecule has 1 fully saturated rings. The van der Waals surface area contributed by atoms with Crippen LogP contribution in [0.3, 0.4) is 0 Å². The van der Waals surface area contributed by atoms with E-state index in [4.69, 9.17) is 4.84 Å². The lowest BCUT2D eigenvalue weighted by molar-refractivity contribution is 0.0979. The summed E-state index contributed by atoms with van der Waals surface area (Å²) in [6.45, 7) is 2.22. The SMILES string of the molecule is O=c1cc(N2CCCCC2)c2cncnc2n1OCc1ccccc1. The molecule has 3 heterocycles. The first-order chi connectivity index (χ1) is 12.3. The zero-order valence-corrected chi connectivity index (χ0v) is 14.0. The van der Waals surface area contributed by atoms with E-state index in [2.05, 4.69) is 14.9 Å². The number of hydrogen-bond acceptors (Lipinski definition) is 5. The molecule has 6 nitrogen and oxygen atoms in total. The van der Waals surface area contributed by atoms with Gasteiger partial charge in [0.1, 0.15) is 12.9 Å². The third-order valence-corrected chi connectivity index (χ3v) is 4.52. The molecule has 0 N–H and O–H groups in total. The molecule has 0 atom stereocenters. The second-order valence-electron chi connectivity index (χ2n) is 6.23. The fourth-order valence-corrected chi connectivity index (χ4v) is 3.26. The summed E-state index contributed by atoms with van der Waals surface area (Å²) in [5, 5.41) is 0.845. The van der Waals surface area contributed by atoms with Crippen LogP contribution in [0, 0.1) is 0 Å². The molecule has 4 rings (SSSR count). The molecular formula is C19H20N4O2. The number of benzene rings is 1. The van der Waals surface area contributed by atoms with Crippen LogP contribution in [0.2, 0.25) is 0 Å². The standard InChI is InChI=1S/C19H20N4O2/c24-18-11-17(22-9-5-2-6-10-22)16-12-20-14-21-19(16)23(18)25-13-15-7-3-1-4-8-15/h1,3-4,7-8,11-12,14H,2,5-6,9-10,13H2. The third kappa shape index (κ3) is 3.20. The molecule has 1 aromatic carbocycles. The number of anilines is 1. The topological polar surface area (TPSA) is 60.2 Å². The predicted octanol–water partition coefficient (Wildman–Crippen LogP) is 2.41. The van der Waals surface area contributed by atoms with E-state index in [9.17, 15) is 4.79 Å². The molecule has 0 aliphatic carbocycles. The van der Waals surface area contributed by atoms with Gasteiger partial charge in [-0.05, 0) is 24.8 Å². The fourth-order valence-electron chi connectivity index (χ4n) is 3.26. The Labute approximate surface area is 145 Å². The summed E-state index contributed by atoms with van der Waals surface area (Å²) in [6, 6.07) is 11.4. The molecule has 25 heavy (non-hydrogen) atoms. The van der Waals surface area contributed by atoms with Gasteiger partial charge in [-0.2, -0.15) is 0 Å². The molecule has 128 valence electrons. The van der Waals surface area contributed by atoms with E-state index in [-0.39, 0.29) is 5.56 Å². The van der Waals surface area contributed by atoms with Crippen LogP contribution in [0.1, 0.15) is 24.8 Å². The van der Waals surface area contributed by atoms with Crippen molar-refractivity contribution >= 4 is 16.7 Å². The van der Waals surface area contributed by atoms with Crippen LogP contribution < -0.4 is 15.3 Å². The number of rotatable bonds is 4. The van der Waals surface area contributed by atoms with E-state index in [1.807, 2.05) is 30.3 Å². The molecule has 1 saturated heterocycles. The number of nitrogens with zero attached hydrogens (tertiary/aromatic N) is 4. The minimum Gasteiger partial charge on any atom is -0.404 e. The van der Waals surface area contributed by atoms with Crippen molar-refractivity contribution in [1.82, 2.24) is 14.7 Å². The highest BCUT2D eigenvalue weighted by molar-refractivity contribution is 5.88. The van der Waals surface area contributed by atoms with Crippen molar-refractivity contribution in [3.05, 3.63) is 64.8 Å². The average molecular weight is 336 g/mol. The number of pyridine rings is 1. The number of fused-ring (bicyclic) bond motifs is 1. The summed E-state index contributed by atoms with van der Waals surface area (Å²) in [5.41, 5.74) is 2.21. The first kappa shape index (κ1) is 15.6. The van der Waals surface area contributed by atoms with E-state index >= 15 is 0 Å². The molecule has 1 aliphatic heterocycles. The number of piperidine rings is 1. The van der Waals surface area contributed by atoms with Crippen LogP contribution in [0.5, 0.6) is 0 Å². The average Bonchev–Trinajstić information content (AvgIpc) is 2.68. The fraction of sp³-hybridized carbons (Fsp3) is 0.316. The smallest absolute Gasteiger partial charge is 0.287 e. The molecule has 0 bridgehead atoms. The van der Waals surface area contributed by atoms with Gasteiger partial charge >= 0.3 is 0 Å². The molecule has 0 unspecified atom stereocenters. The molecule has 2 aromatic heterocycles. The van der Waals surface area contributed by atoms with Gasteiger partial charge in [-0.3, -0.25) is 4.79 Å². The molecule has 6 heteroatoms. The highest BCUT2D eigenvalue weighted by Crippen LogP contribution is 2.25. The van der Waals surface area contributed by atoms with E-state index in [0.717, 1.165) is 42.6 Å². The van der Waals surface area contributed by atoms with Gasteiger partial charge in [0.25, 0.3) is 5.56 Å². The second-order valence-corrected chi connectivity index (χ2v) is 6.23. The van der Waals surface area contributed by atoms with Crippen molar-refractivity contribution in [2.45, 2.75) is 25.9 Å². The van der Waals surface area contributed by atoms with Crippen molar-refractivity contribution in [1.29, 1.82) is 0 Å². The maximum Gasteiger partial charge on any atom is 0.287 e. The quantitative estimate of drug-likeness (QED) is 0.732. The Morgan fingerprint density at radius 3 is 2.68 bits per heavy atom. The first-order valence-corrected chi connectivity index (χ1v) is 8.61. The molecule has 1 aliphatic rings. The van der Waals surface area contributed by atoms with Crippen molar-refractivity contribution in [3.8, 4) is 0 Å². The lowest BCUT2D eigenvalue weighted by atomic mass is 10.1. The summed E-state index contributed by atoms with van der Waals surface area (Å²) in [7, 11) is 0. The van der Waals surface area contributed by atoms with E-state index in [1.54, 1.807) is 12.3 Å². The van der Waals surface area contributed by atoms with E-state index < -0.39 is 0 Å². The Bertz CT molecular complexity index is 918. The van der Waals surface area contributed by atoms with E-state index in [1.165, 1.54) is 17.5 Å². The second kappa shape index (κ2) is 6.93. The van der Waals surface area contributed by atoms with Crippen LogP contribution in [-0.4, -0.2) is 27.8 Å². The molecule has 0 saturated carbocycles. The highest BCUT2D eigenvalue weighted by atomic mass is 16.7. The number of hydrogen-bond donors (Lipinski definition) is 0. The van der Waals surface area contributed by atoms with Gasteiger partial charge in [0.15, 0.2) is 5.65 Å². The third-order valence-electron chi connectivity index (χ3n) is 4.52. The summed E-state index contributed by atoms with van der Waals surface area (Å²) in [5.74, 6) is 0. The van der Waals surface area contributed by atoms with Crippen molar-refractivity contribution in [2.24, 2.45) is 0 Å². The maximum absolute atomic E-state index is 12.7. The monoisotopic (exact) mass is 336 g/mol. The van der Waals surface area contributed by atoms with Gasteiger partial charge in [-0.1, -0.05) is 30.3 Å². The summed E-state index contributed by atoms with van der Waals surface area (Å²) < 4.78 is 1.28. The Balaban J connectivity index is 1.73. The van der Waals surface area contributed by atoms with Crippen LogP contribution in [0.25, 0.3) is 11.0 Å². The van der Waals surface area contributed by atoms with Crippen LogP contribution in [0.4, 0.5) is 5.69 Å². The Hall–Kier alpha value is -2.89. The number of aromatic nitrogens is 3. The summed E-state index contributed by atoms with van der Waals surface area (Å²) in [6.07, 6.45) is 6.73. The van der Waals surface area contributed by atoms with Gasteiger partial charge in [-0.15, -0.1) is 4.73 Å². The van der Waals surface area contributed by atoms with Crippen molar-refractivity contribution < 1.29 is 4.84 Å². The maximum atomic E-state index is 12.7. The van der Waals surface area contributed by atoms with Crippen molar-refractivity contribution in [2.75, 3.05) is 18.0 Å². The molecule has 0 amide bonds. The minimum absolute atomic E-state index is 0.206. The molecule has 0 spiro atoms.